The average molecular weight is 637 g/mol. The van der Waals surface area contributed by atoms with Crippen LogP contribution in [0.2, 0.25) is 0 Å². The third-order valence-corrected chi connectivity index (χ3v) is 9.05. The predicted octanol–water partition coefficient (Wildman–Crippen LogP) is 3.13. The molecule has 0 radical (unpaired) electrons. The van der Waals surface area contributed by atoms with Crippen LogP contribution in [0.3, 0.4) is 0 Å². The van der Waals surface area contributed by atoms with Gasteiger partial charge in [-0.15, -0.1) is 24.2 Å². The van der Waals surface area contributed by atoms with E-state index in [1.165, 1.54) is 6.42 Å². The standard InChI is InChI=1S/C37H56N4O5/c1-6-9-21-31(37(46)39-32(26-29-19-15-12-16-20-29)35(44)33(42)22-10-7-2)38-36(45)30(25-28-17-13-11-14-18-28)27-34(43)41(5)24-23-40(4)8-3/h2,11,13-14,17-18,29-33,35,42,44H,8,10,12,15-16,19-27H2,1,3-5H3,(H,38,45)(H,39,46)/t30-,31+,32+,33+,35-/m1/s1. The fourth-order valence-electron chi connectivity index (χ4n) is 5.85. The van der Waals surface area contributed by atoms with Gasteiger partial charge >= 0.3 is 0 Å². The highest BCUT2D eigenvalue weighted by molar-refractivity contribution is 5.91. The van der Waals surface area contributed by atoms with Crippen molar-refractivity contribution in [3.8, 4) is 24.2 Å². The molecule has 1 aromatic rings. The fraction of sp³-hybridized carbons (Fsp3) is 0.649. The van der Waals surface area contributed by atoms with E-state index in [2.05, 4.69) is 40.2 Å². The second kappa shape index (κ2) is 21.4. The van der Waals surface area contributed by atoms with Crippen molar-refractivity contribution in [1.82, 2.24) is 20.4 Å². The van der Waals surface area contributed by atoms with Crippen LogP contribution in [0, 0.1) is 36.0 Å². The van der Waals surface area contributed by atoms with Gasteiger partial charge in [-0.05, 0) is 51.3 Å². The van der Waals surface area contributed by atoms with Crippen molar-refractivity contribution in [2.45, 2.75) is 109 Å². The Morgan fingerprint density at radius 2 is 1.72 bits per heavy atom. The molecule has 4 N–H and O–H groups in total. The predicted molar refractivity (Wildman–Crippen MR) is 182 cm³/mol. The van der Waals surface area contributed by atoms with Crippen molar-refractivity contribution in [1.29, 1.82) is 0 Å². The first-order valence-corrected chi connectivity index (χ1v) is 16.9. The molecular weight excluding hydrogens is 580 g/mol. The summed E-state index contributed by atoms with van der Waals surface area (Å²) in [5.41, 5.74) is 0.912. The lowest BCUT2D eigenvalue weighted by molar-refractivity contribution is -0.137. The minimum Gasteiger partial charge on any atom is -0.390 e. The maximum absolute atomic E-state index is 13.8. The van der Waals surface area contributed by atoms with Crippen molar-refractivity contribution >= 4 is 17.7 Å². The number of amides is 3. The molecule has 0 aliphatic heterocycles. The van der Waals surface area contributed by atoms with E-state index >= 15 is 0 Å². The summed E-state index contributed by atoms with van der Waals surface area (Å²) in [6.45, 7) is 5.85. The third-order valence-electron chi connectivity index (χ3n) is 9.05. The van der Waals surface area contributed by atoms with Crippen LogP contribution >= 0.6 is 0 Å². The first-order chi connectivity index (χ1) is 22.1. The van der Waals surface area contributed by atoms with Crippen molar-refractivity contribution in [2.75, 3.05) is 33.7 Å². The van der Waals surface area contributed by atoms with Crippen LogP contribution in [0.4, 0.5) is 0 Å². The fourth-order valence-corrected chi connectivity index (χ4v) is 5.85. The van der Waals surface area contributed by atoms with Gasteiger partial charge in [-0.2, -0.15) is 0 Å². The number of benzene rings is 1. The summed E-state index contributed by atoms with van der Waals surface area (Å²) in [6.07, 6.45) is 9.86. The molecule has 1 saturated carbocycles. The van der Waals surface area contributed by atoms with Gasteiger partial charge < -0.3 is 30.6 Å². The second-order valence-electron chi connectivity index (χ2n) is 12.6. The number of aliphatic hydroxyl groups excluding tert-OH is 2. The van der Waals surface area contributed by atoms with Gasteiger partial charge in [0.1, 0.15) is 12.1 Å². The molecule has 2 rings (SSSR count). The van der Waals surface area contributed by atoms with Gasteiger partial charge in [0.2, 0.25) is 17.7 Å². The van der Waals surface area contributed by atoms with E-state index < -0.39 is 42.0 Å². The van der Waals surface area contributed by atoms with Crippen LogP contribution in [0.25, 0.3) is 0 Å². The molecule has 9 heteroatoms. The number of rotatable bonds is 19. The van der Waals surface area contributed by atoms with Crippen LogP contribution in [-0.4, -0.2) is 95.8 Å². The smallest absolute Gasteiger partial charge is 0.243 e. The number of likely N-dealkylation sites (N-methyl/N-ethyl adjacent to an activating group) is 2. The Bertz CT molecular complexity index is 1170. The van der Waals surface area contributed by atoms with Crippen molar-refractivity contribution in [3.63, 3.8) is 0 Å². The van der Waals surface area contributed by atoms with E-state index in [4.69, 9.17) is 6.42 Å². The van der Waals surface area contributed by atoms with Crippen molar-refractivity contribution in [3.05, 3.63) is 35.9 Å². The Labute approximate surface area is 276 Å². The maximum Gasteiger partial charge on any atom is 0.243 e. The van der Waals surface area contributed by atoms with E-state index in [1.807, 2.05) is 37.4 Å². The molecule has 1 fully saturated rings. The molecule has 0 unspecified atom stereocenters. The van der Waals surface area contributed by atoms with E-state index in [0.717, 1.165) is 44.3 Å². The van der Waals surface area contributed by atoms with E-state index in [-0.39, 0.29) is 25.2 Å². The summed E-state index contributed by atoms with van der Waals surface area (Å²) in [6, 6.07) is 7.79. The number of nitrogens with one attached hydrogen (secondary N) is 2. The van der Waals surface area contributed by atoms with E-state index in [9.17, 15) is 24.6 Å². The lowest BCUT2D eigenvalue weighted by atomic mass is 9.82. The number of terminal acetylenes is 1. The molecule has 0 heterocycles. The molecule has 254 valence electrons. The molecule has 1 aromatic carbocycles. The van der Waals surface area contributed by atoms with Gasteiger partial charge in [0.25, 0.3) is 0 Å². The number of hydrogen-bond donors (Lipinski definition) is 4. The van der Waals surface area contributed by atoms with Crippen molar-refractivity contribution < 1.29 is 24.6 Å². The molecule has 5 atom stereocenters. The maximum atomic E-state index is 13.8. The van der Waals surface area contributed by atoms with Gasteiger partial charge in [0.05, 0.1) is 18.1 Å². The Morgan fingerprint density at radius 1 is 1.02 bits per heavy atom. The average Bonchev–Trinajstić information content (AvgIpc) is 3.07. The number of carbonyl (C=O) groups excluding carboxylic acids is 3. The van der Waals surface area contributed by atoms with Crippen LogP contribution in [-0.2, 0) is 20.8 Å². The van der Waals surface area contributed by atoms with Gasteiger partial charge in [-0.25, -0.2) is 0 Å². The highest BCUT2D eigenvalue weighted by Gasteiger charge is 2.34. The minimum atomic E-state index is -1.21. The number of carbonyl (C=O) groups is 3. The first-order valence-electron chi connectivity index (χ1n) is 16.9. The van der Waals surface area contributed by atoms with Crippen LogP contribution in [0.1, 0.15) is 83.6 Å². The molecule has 9 nitrogen and oxygen atoms in total. The van der Waals surface area contributed by atoms with Gasteiger partial charge in [-0.3, -0.25) is 14.4 Å². The molecule has 1 aliphatic carbocycles. The summed E-state index contributed by atoms with van der Waals surface area (Å²) in [5.74, 6) is 6.77. The van der Waals surface area contributed by atoms with Gasteiger partial charge in [-0.1, -0.05) is 69.4 Å². The van der Waals surface area contributed by atoms with Crippen LogP contribution in [0.15, 0.2) is 30.3 Å². The highest BCUT2D eigenvalue weighted by atomic mass is 16.3. The minimum absolute atomic E-state index is 0.00868. The Balaban J connectivity index is 2.24. The van der Waals surface area contributed by atoms with Crippen molar-refractivity contribution in [2.24, 2.45) is 11.8 Å². The van der Waals surface area contributed by atoms with Crippen LogP contribution in [0.5, 0.6) is 0 Å². The molecule has 0 bridgehead atoms. The number of hydrogen-bond acceptors (Lipinski definition) is 6. The Kier molecular flexibility index (Phi) is 18.1. The summed E-state index contributed by atoms with van der Waals surface area (Å²) >= 11 is 0. The van der Waals surface area contributed by atoms with Gasteiger partial charge in [0, 0.05) is 39.4 Å². The SMILES string of the molecule is C#CCC[C@H](O)[C@H](O)[C@H](CC1CCCCC1)NC(=O)[C@H](CC#CC)NC(=O)[C@@H](CC(=O)N(C)CCN(C)CC)Cc1ccccc1. The lowest BCUT2D eigenvalue weighted by Crippen LogP contribution is -2.56. The number of nitrogens with zero attached hydrogens (tertiary/aromatic N) is 2. The molecule has 1 aliphatic rings. The lowest BCUT2D eigenvalue weighted by Gasteiger charge is -2.33. The highest BCUT2D eigenvalue weighted by Crippen LogP contribution is 2.29. The quantitative estimate of drug-likeness (QED) is 0.173. The molecule has 0 saturated heterocycles. The summed E-state index contributed by atoms with van der Waals surface area (Å²) < 4.78 is 0. The zero-order valence-electron chi connectivity index (χ0n) is 28.3. The Morgan fingerprint density at radius 3 is 2.35 bits per heavy atom. The zero-order chi connectivity index (χ0) is 33.9. The normalized spacial score (nSPS) is 16.6. The molecule has 46 heavy (non-hydrogen) atoms. The van der Waals surface area contributed by atoms with Crippen LogP contribution < -0.4 is 10.6 Å². The third kappa shape index (κ3) is 14.0. The molecular formula is C37H56N4O5. The summed E-state index contributed by atoms with van der Waals surface area (Å²) in [7, 11) is 3.73. The van der Waals surface area contributed by atoms with E-state index in [1.54, 1.807) is 18.9 Å². The first kappa shape index (κ1) is 38.8. The van der Waals surface area contributed by atoms with E-state index in [0.29, 0.717) is 31.7 Å². The molecule has 0 spiro atoms. The number of aliphatic hydroxyl groups is 2. The topological polar surface area (TPSA) is 122 Å². The Hall–Kier alpha value is -3.37. The second-order valence-corrected chi connectivity index (χ2v) is 12.6. The summed E-state index contributed by atoms with van der Waals surface area (Å²) in [5, 5.41) is 27.6. The van der Waals surface area contributed by atoms with Gasteiger partial charge in [0.15, 0.2) is 0 Å². The monoisotopic (exact) mass is 636 g/mol. The summed E-state index contributed by atoms with van der Waals surface area (Å²) in [4.78, 5) is 44.6. The molecule has 3 amide bonds. The molecule has 0 aromatic heterocycles. The largest absolute Gasteiger partial charge is 0.390 e. The zero-order valence-corrected chi connectivity index (χ0v) is 28.3.